The first kappa shape index (κ1) is 18.0. The molecule has 0 fully saturated rings. The molecule has 0 spiro atoms. The van der Waals surface area contributed by atoms with Gasteiger partial charge in [0.2, 0.25) is 10.0 Å². The Labute approximate surface area is 141 Å². The van der Waals surface area contributed by atoms with Gasteiger partial charge in [-0.3, -0.25) is 4.79 Å². The highest BCUT2D eigenvalue weighted by Gasteiger charge is 2.21. The lowest BCUT2D eigenvalue weighted by atomic mass is 10.2. The van der Waals surface area contributed by atoms with Crippen LogP contribution in [0, 0.1) is 13.8 Å². The monoisotopic (exact) mass is 352 g/mol. The van der Waals surface area contributed by atoms with Crippen LogP contribution in [0.5, 0.6) is 5.75 Å². The highest BCUT2D eigenvalue weighted by molar-refractivity contribution is 7.89. The number of carbonyl (C=O) groups excluding carboxylic acids is 1. The standard InChI is InChI=1S/C16H20N2O5S/c1-10-8-13(11(2)23-10)16(19)17-14-9-12(6-7-15(14)22-5)24(20,21)18(3)4/h6-9H,1-5H3,(H,17,19). The van der Waals surface area contributed by atoms with Gasteiger partial charge in [0.25, 0.3) is 5.91 Å². The highest BCUT2D eigenvalue weighted by atomic mass is 32.2. The fourth-order valence-electron chi connectivity index (χ4n) is 2.20. The Kier molecular flexibility index (Phi) is 5.00. The lowest BCUT2D eigenvalue weighted by Crippen LogP contribution is -2.22. The second-order valence-corrected chi connectivity index (χ2v) is 7.58. The number of methoxy groups -OCH3 is 1. The molecule has 0 atom stereocenters. The number of hydrogen-bond acceptors (Lipinski definition) is 5. The minimum Gasteiger partial charge on any atom is -0.495 e. The maximum atomic E-state index is 12.4. The molecule has 7 nitrogen and oxygen atoms in total. The highest BCUT2D eigenvalue weighted by Crippen LogP contribution is 2.29. The Hall–Kier alpha value is -2.32. The van der Waals surface area contributed by atoms with Gasteiger partial charge >= 0.3 is 0 Å². The van der Waals surface area contributed by atoms with Crippen molar-refractivity contribution in [2.45, 2.75) is 18.7 Å². The van der Waals surface area contributed by atoms with Gasteiger partial charge in [0, 0.05) is 14.1 Å². The van der Waals surface area contributed by atoms with Crippen molar-refractivity contribution in [3.8, 4) is 5.75 Å². The van der Waals surface area contributed by atoms with E-state index in [4.69, 9.17) is 9.15 Å². The van der Waals surface area contributed by atoms with Crippen molar-refractivity contribution in [2.75, 3.05) is 26.5 Å². The Morgan fingerprint density at radius 1 is 1.21 bits per heavy atom. The average Bonchev–Trinajstić information content (AvgIpc) is 2.85. The zero-order valence-corrected chi connectivity index (χ0v) is 15.0. The molecule has 2 aromatic rings. The van der Waals surface area contributed by atoms with Crippen molar-refractivity contribution < 1.29 is 22.4 Å². The zero-order chi connectivity index (χ0) is 18.1. The summed E-state index contributed by atoms with van der Waals surface area (Å²) in [7, 11) is 0.702. The summed E-state index contributed by atoms with van der Waals surface area (Å²) in [5, 5.41) is 2.68. The summed E-state index contributed by atoms with van der Waals surface area (Å²) >= 11 is 0. The van der Waals surface area contributed by atoms with E-state index in [2.05, 4.69) is 5.32 Å². The van der Waals surface area contributed by atoms with Crippen LogP contribution in [-0.4, -0.2) is 39.8 Å². The number of nitrogens with one attached hydrogen (secondary N) is 1. The minimum atomic E-state index is -3.62. The third-order valence-electron chi connectivity index (χ3n) is 3.48. The van der Waals surface area contributed by atoms with E-state index in [1.807, 2.05) is 0 Å². The molecule has 24 heavy (non-hydrogen) atoms. The summed E-state index contributed by atoms with van der Waals surface area (Å²) in [6, 6.07) is 5.92. The van der Waals surface area contributed by atoms with E-state index in [-0.39, 0.29) is 10.6 Å². The predicted molar refractivity (Wildman–Crippen MR) is 90.0 cm³/mol. The van der Waals surface area contributed by atoms with Gasteiger partial charge in [-0.1, -0.05) is 0 Å². The summed E-state index contributed by atoms with van der Waals surface area (Å²) < 4.78 is 36.2. The normalized spacial score (nSPS) is 11.6. The van der Waals surface area contributed by atoms with Crippen molar-refractivity contribution in [1.82, 2.24) is 4.31 Å². The summed E-state index contributed by atoms with van der Waals surface area (Å²) in [6.07, 6.45) is 0. The van der Waals surface area contributed by atoms with Gasteiger partial charge in [0.05, 0.1) is 23.3 Å². The fourth-order valence-corrected chi connectivity index (χ4v) is 3.13. The van der Waals surface area contributed by atoms with E-state index in [9.17, 15) is 13.2 Å². The van der Waals surface area contributed by atoms with Gasteiger partial charge in [0.1, 0.15) is 17.3 Å². The molecule has 2 rings (SSSR count). The topological polar surface area (TPSA) is 88.9 Å². The van der Waals surface area contributed by atoms with Crippen LogP contribution in [0.15, 0.2) is 33.6 Å². The van der Waals surface area contributed by atoms with Gasteiger partial charge in [-0.05, 0) is 38.1 Å². The van der Waals surface area contributed by atoms with E-state index < -0.39 is 15.9 Å². The molecule has 8 heteroatoms. The van der Waals surface area contributed by atoms with Crippen molar-refractivity contribution in [2.24, 2.45) is 0 Å². The first-order valence-corrected chi connectivity index (χ1v) is 8.59. The summed E-state index contributed by atoms with van der Waals surface area (Å²) in [5.74, 6) is 1.07. The van der Waals surface area contributed by atoms with Gasteiger partial charge in [-0.2, -0.15) is 0 Å². The summed E-state index contributed by atoms with van der Waals surface area (Å²) in [6.45, 7) is 3.43. The van der Waals surface area contributed by atoms with E-state index in [0.29, 0.717) is 22.8 Å². The molecule has 1 N–H and O–H groups in total. The van der Waals surface area contributed by atoms with Crippen molar-refractivity contribution >= 4 is 21.6 Å². The molecule has 0 bridgehead atoms. The van der Waals surface area contributed by atoms with Gasteiger partial charge < -0.3 is 14.5 Å². The SMILES string of the molecule is COc1ccc(S(=O)(=O)N(C)C)cc1NC(=O)c1cc(C)oc1C. The number of carbonyl (C=O) groups is 1. The van der Waals surface area contributed by atoms with E-state index in [0.717, 1.165) is 4.31 Å². The number of sulfonamides is 1. The van der Waals surface area contributed by atoms with E-state index in [1.165, 1.54) is 39.4 Å². The van der Waals surface area contributed by atoms with Crippen LogP contribution in [0.1, 0.15) is 21.9 Å². The van der Waals surface area contributed by atoms with Crippen molar-refractivity contribution in [3.63, 3.8) is 0 Å². The molecule has 0 radical (unpaired) electrons. The third kappa shape index (κ3) is 3.44. The molecule has 0 aliphatic carbocycles. The van der Waals surface area contributed by atoms with Crippen LogP contribution >= 0.6 is 0 Å². The van der Waals surface area contributed by atoms with Gasteiger partial charge in [-0.15, -0.1) is 0 Å². The molecular formula is C16H20N2O5S. The second kappa shape index (κ2) is 6.66. The fraction of sp³-hybridized carbons (Fsp3) is 0.312. The van der Waals surface area contributed by atoms with E-state index >= 15 is 0 Å². The maximum absolute atomic E-state index is 12.4. The number of aryl methyl sites for hydroxylation is 2. The first-order valence-electron chi connectivity index (χ1n) is 7.15. The number of ether oxygens (including phenoxy) is 1. The maximum Gasteiger partial charge on any atom is 0.259 e. The summed E-state index contributed by atoms with van der Waals surface area (Å²) in [5.41, 5.74) is 0.652. The molecule has 1 aromatic heterocycles. The molecule has 0 aliphatic rings. The minimum absolute atomic E-state index is 0.0590. The number of nitrogens with zero attached hydrogens (tertiary/aromatic N) is 1. The molecular weight excluding hydrogens is 332 g/mol. The first-order chi connectivity index (χ1) is 11.2. The van der Waals surface area contributed by atoms with Crippen LogP contribution in [-0.2, 0) is 10.0 Å². The van der Waals surface area contributed by atoms with Gasteiger partial charge in [-0.25, -0.2) is 12.7 Å². The van der Waals surface area contributed by atoms with Crippen molar-refractivity contribution in [1.29, 1.82) is 0 Å². The molecule has 0 saturated heterocycles. The van der Waals surface area contributed by atoms with Crippen molar-refractivity contribution in [3.05, 3.63) is 41.3 Å². The smallest absolute Gasteiger partial charge is 0.259 e. The van der Waals surface area contributed by atoms with Gasteiger partial charge in [0.15, 0.2) is 0 Å². The Balaban J connectivity index is 2.42. The lowest BCUT2D eigenvalue weighted by Gasteiger charge is -2.15. The Morgan fingerprint density at radius 3 is 2.38 bits per heavy atom. The molecule has 0 saturated carbocycles. The lowest BCUT2D eigenvalue weighted by molar-refractivity contribution is 0.102. The molecule has 1 aromatic carbocycles. The Morgan fingerprint density at radius 2 is 1.88 bits per heavy atom. The quantitative estimate of drug-likeness (QED) is 0.892. The van der Waals surface area contributed by atoms with Crippen LogP contribution in [0.25, 0.3) is 0 Å². The number of benzene rings is 1. The largest absolute Gasteiger partial charge is 0.495 e. The molecule has 0 aliphatic heterocycles. The zero-order valence-electron chi connectivity index (χ0n) is 14.2. The molecule has 1 amide bonds. The molecule has 0 unspecified atom stereocenters. The molecule has 1 heterocycles. The van der Waals surface area contributed by atoms with Crippen LogP contribution in [0.4, 0.5) is 5.69 Å². The van der Waals surface area contributed by atoms with Crippen LogP contribution in [0.3, 0.4) is 0 Å². The Bertz CT molecular complexity index is 869. The third-order valence-corrected chi connectivity index (χ3v) is 5.29. The second-order valence-electron chi connectivity index (χ2n) is 5.43. The summed E-state index contributed by atoms with van der Waals surface area (Å²) in [4.78, 5) is 12.5. The number of amides is 1. The van der Waals surface area contributed by atoms with E-state index in [1.54, 1.807) is 19.9 Å². The average molecular weight is 352 g/mol. The predicted octanol–water partition coefficient (Wildman–Crippen LogP) is 2.41. The van der Waals surface area contributed by atoms with Crippen LogP contribution < -0.4 is 10.1 Å². The molecule has 130 valence electrons. The number of furan rings is 1. The number of hydrogen-bond donors (Lipinski definition) is 1. The number of rotatable bonds is 5. The van der Waals surface area contributed by atoms with Crippen LogP contribution in [0.2, 0.25) is 0 Å². The number of anilines is 1.